The van der Waals surface area contributed by atoms with Gasteiger partial charge in [0.25, 0.3) is 5.91 Å². The van der Waals surface area contributed by atoms with Crippen LogP contribution in [0.4, 0.5) is 10.1 Å². The quantitative estimate of drug-likeness (QED) is 0.647. The number of halogens is 1. The molecule has 2 aromatic carbocycles. The summed E-state index contributed by atoms with van der Waals surface area (Å²) in [6, 6.07) is 17.6. The zero-order chi connectivity index (χ0) is 18.5. The Balaban J connectivity index is 1.71. The molecule has 1 amide bonds. The number of nitrogens with one attached hydrogen (secondary N) is 1. The largest absolute Gasteiger partial charge is 0.322 e. The van der Waals surface area contributed by atoms with Crippen LogP contribution in [0.5, 0.6) is 0 Å². The van der Waals surface area contributed by atoms with Gasteiger partial charge in [0, 0.05) is 23.0 Å². The number of amides is 1. The van der Waals surface area contributed by atoms with Crippen molar-refractivity contribution in [3.05, 3.63) is 83.8 Å². The van der Waals surface area contributed by atoms with Gasteiger partial charge in [0.15, 0.2) is 0 Å². The molecule has 3 nitrogen and oxygen atoms in total. The number of benzene rings is 2. The Labute approximate surface area is 152 Å². The lowest BCUT2D eigenvalue weighted by molar-refractivity contribution is 0.102. The fraction of sp³-hybridized carbons (Fsp3) is 0.182. The van der Waals surface area contributed by atoms with Gasteiger partial charge < -0.3 is 5.32 Å². The van der Waals surface area contributed by atoms with Crippen LogP contribution in [-0.2, 0) is 0 Å². The summed E-state index contributed by atoms with van der Waals surface area (Å²) in [6.07, 6.45) is 2.62. The zero-order valence-electron chi connectivity index (χ0n) is 14.9. The van der Waals surface area contributed by atoms with Gasteiger partial charge in [-0.25, -0.2) is 4.39 Å². The first-order chi connectivity index (χ1) is 12.6. The van der Waals surface area contributed by atoms with Gasteiger partial charge in [-0.1, -0.05) is 38.1 Å². The van der Waals surface area contributed by atoms with Crippen molar-refractivity contribution in [2.75, 3.05) is 5.32 Å². The topological polar surface area (TPSA) is 42.0 Å². The molecule has 1 heterocycles. The van der Waals surface area contributed by atoms with Crippen LogP contribution in [-0.4, -0.2) is 10.9 Å². The molecule has 0 aliphatic rings. The average Bonchev–Trinajstić information content (AvgIpc) is 2.68. The predicted octanol–water partition coefficient (Wildman–Crippen LogP) is 5.65. The van der Waals surface area contributed by atoms with Gasteiger partial charge >= 0.3 is 0 Å². The second kappa shape index (κ2) is 7.91. The minimum Gasteiger partial charge on any atom is -0.322 e. The van der Waals surface area contributed by atoms with Crippen LogP contribution in [0.1, 0.15) is 42.1 Å². The summed E-state index contributed by atoms with van der Waals surface area (Å²) in [4.78, 5) is 16.4. The van der Waals surface area contributed by atoms with Crippen molar-refractivity contribution in [3.8, 4) is 11.3 Å². The van der Waals surface area contributed by atoms with E-state index < -0.39 is 0 Å². The molecule has 0 bridgehead atoms. The van der Waals surface area contributed by atoms with Crippen LogP contribution < -0.4 is 5.32 Å². The maximum Gasteiger partial charge on any atom is 0.255 e. The molecule has 1 N–H and O–H groups in total. The molecule has 132 valence electrons. The highest BCUT2D eigenvalue weighted by Crippen LogP contribution is 2.22. The molecule has 0 aliphatic carbocycles. The molecule has 1 aromatic heterocycles. The summed E-state index contributed by atoms with van der Waals surface area (Å²) in [5.41, 5.74) is 3.43. The fourth-order valence-electron chi connectivity index (χ4n) is 2.71. The van der Waals surface area contributed by atoms with E-state index in [1.54, 1.807) is 36.5 Å². The highest BCUT2D eigenvalue weighted by molar-refractivity contribution is 6.04. The summed E-state index contributed by atoms with van der Waals surface area (Å²) in [7, 11) is 0. The Morgan fingerprint density at radius 3 is 2.38 bits per heavy atom. The molecule has 1 atom stereocenters. The minimum absolute atomic E-state index is 0.200. The zero-order valence-corrected chi connectivity index (χ0v) is 14.9. The Morgan fingerprint density at radius 1 is 1.08 bits per heavy atom. The lowest BCUT2D eigenvalue weighted by atomic mass is 9.98. The van der Waals surface area contributed by atoms with Crippen molar-refractivity contribution in [3.63, 3.8) is 0 Å². The summed E-state index contributed by atoms with van der Waals surface area (Å²) in [5.74, 6) is -0.0836. The van der Waals surface area contributed by atoms with Crippen LogP contribution in [0.25, 0.3) is 11.3 Å². The van der Waals surface area contributed by atoms with E-state index in [4.69, 9.17) is 0 Å². The van der Waals surface area contributed by atoms with E-state index >= 15 is 0 Å². The van der Waals surface area contributed by atoms with E-state index in [0.29, 0.717) is 17.0 Å². The first kappa shape index (κ1) is 17.8. The Hall–Kier alpha value is -3.01. The second-order valence-electron chi connectivity index (χ2n) is 6.30. The van der Waals surface area contributed by atoms with Crippen LogP contribution in [0.2, 0.25) is 0 Å². The molecule has 0 saturated carbocycles. The van der Waals surface area contributed by atoms with Crippen molar-refractivity contribution < 1.29 is 9.18 Å². The summed E-state index contributed by atoms with van der Waals surface area (Å²) in [5, 5.41) is 2.88. The monoisotopic (exact) mass is 348 g/mol. The molecule has 0 saturated heterocycles. The van der Waals surface area contributed by atoms with E-state index in [0.717, 1.165) is 12.1 Å². The number of nitrogens with zero attached hydrogens (tertiary/aromatic N) is 1. The number of anilines is 1. The summed E-state index contributed by atoms with van der Waals surface area (Å²) < 4.78 is 13.8. The molecule has 1 unspecified atom stereocenters. The van der Waals surface area contributed by atoms with E-state index in [9.17, 15) is 9.18 Å². The molecule has 3 aromatic rings. The van der Waals surface area contributed by atoms with Gasteiger partial charge in [0.05, 0.1) is 0 Å². The number of hydrogen-bond acceptors (Lipinski definition) is 2. The molecule has 0 radical (unpaired) electrons. The average molecular weight is 348 g/mol. The molecular weight excluding hydrogens is 327 g/mol. The van der Waals surface area contributed by atoms with E-state index in [1.807, 2.05) is 24.3 Å². The maximum absolute atomic E-state index is 13.8. The molecule has 0 fully saturated rings. The molecule has 26 heavy (non-hydrogen) atoms. The van der Waals surface area contributed by atoms with Gasteiger partial charge in [-0.05, 0) is 54.3 Å². The number of aromatic nitrogens is 1. The molecule has 3 rings (SSSR count). The van der Waals surface area contributed by atoms with Gasteiger partial charge in [-0.3, -0.25) is 9.78 Å². The number of rotatable bonds is 5. The van der Waals surface area contributed by atoms with Crippen molar-refractivity contribution in [1.29, 1.82) is 0 Å². The van der Waals surface area contributed by atoms with E-state index in [1.165, 1.54) is 11.6 Å². The third-order valence-electron chi connectivity index (χ3n) is 4.53. The van der Waals surface area contributed by atoms with Crippen molar-refractivity contribution >= 4 is 11.6 Å². The predicted molar refractivity (Wildman–Crippen MR) is 103 cm³/mol. The lowest BCUT2D eigenvalue weighted by Crippen LogP contribution is -2.11. The van der Waals surface area contributed by atoms with Gasteiger partial charge in [-0.2, -0.15) is 0 Å². The lowest BCUT2D eigenvalue weighted by Gasteiger charge is -2.11. The van der Waals surface area contributed by atoms with Gasteiger partial charge in [-0.15, -0.1) is 0 Å². The van der Waals surface area contributed by atoms with Crippen LogP contribution in [0, 0.1) is 5.82 Å². The third kappa shape index (κ3) is 3.97. The standard InChI is InChI=1S/C22H21FN2O/c1-3-15(2)16-10-12-19(13-11-16)25-22(26)18-8-6-17(7-9-18)21-20(23)5-4-14-24-21/h4-15H,3H2,1-2H3,(H,25,26). The first-order valence-electron chi connectivity index (χ1n) is 8.70. The fourth-order valence-corrected chi connectivity index (χ4v) is 2.71. The number of hydrogen-bond donors (Lipinski definition) is 1. The van der Waals surface area contributed by atoms with E-state index in [2.05, 4.69) is 24.1 Å². The van der Waals surface area contributed by atoms with Gasteiger partial charge in [0.1, 0.15) is 11.5 Å². The van der Waals surface area contributed by atoms with Crippen molar-refractivity contribution in [2.24, 2.45) is 0 Å². The second-order valence-corrected chi connectivity index (χ2v) is 6.30. The summed E-state index contributed by atoms with van der Waals surface area (Å²) in [6.45, 7) is 4.33. The number of pyridine rings is 1. The minimum atomic E-state index is -0.383. The van der Waals surface area contributed by atoms with Crippen LogP contribution in [0.15, 0.2) is 66.9 Å². The maximum atomic E-state index is 13.8. The number of carbonyl (C=O) groups is 1. The summed E-state index contributed by atoms with van der Waals surface area (Å²) >= 11 is 0. The number of carbonyl (C=O) groups excluding carboxylic acids is 1. The SMILES string of the molecule is CCC(C)c1ccc(NC(=O)c2ccc(-c3ncccc3F)cc2)cc1. The van der Waals surface area contributed by atoms with Crippen molar-refractivity contribution in [2.45, 2.75) is 26.2 Å². The van der Waals surface area contributed by atoms with Crippen LogP contribution in [0.3, 0.4) is 0 Å². The smallest absolute Gasteiger partial charge is 0.255 e. The van der Waals surface area contributed by atoms with Crippen LogP contribution >= 0.6 is 0 Å². The first-order valence-corrected chi connectivity index (χ1v) is 8.70. The Morgan fingerprint density at radius 2 is 1.77 bits per heavy atom. The highest BCUT2D eigenvalue weighted by Gasteiger charge is 2.10. The molecule has 0 aliphatic heterocycles. The molecule has 0 spiro atoms. The van der Waals surface area contributed by atoms with Gasteiger partial charge in [0.2, 0.25) is 0 Å². The Bertz CT molecular complexity index is 889. The van der Waals surface area contributed by atoms with Crippen molar-refractivity contribution in [1.82, 2.24) is 4.98 Å². The third-order valence-corrected chi connectivity index (χ3v) is 4.53. The molecular formula is C22H21FN2O. The highest BCUT2D eigenvalue weighted by atomic mass is 19.1. The van der Waals surface area contributed by atoms with E-state index in [-0.39, 0.29) is 17.4 Å². The normalized spacial score (nSPS) is 11.8. The Kier molecular flexibility index (Phi) is 5.42. The molecule has 4 heteroatoms.